The number of hydrogen-bond acceptors (Lipinski definition) is 7. The molecule has 4 unspecified atom stereocenters. The van der Waals surface area contributed by atoms with Crippen LogP contribution in [0, 0.1) is 0 Å². The summed E-state index contributed by atoms with van der Waals surface area (Å²) < 4.78 is 0. The van der Waals surface area contributed by atoms with Gasteiger partial charge in [-0.3, -0.25) is 14.4 Å². The van der Waals surface area contributed by atoms with E-state index in [0.717, 1.165) is 22.0 Å². The second-order valence-corrected chi connectivity index (χ2v) is 10.2. The number of aromatic amines is 2. The molecule has 0 bridgehead atoms. The van der Waals surface area contributed by atoms with Crippen LogP contribution in [0.25, 0.3) is 10.9 Å². The molecule has 8 N–H and O–H groups in total. The number of H-pyrrole nitrogens is 2. The molecule has 0 radical (unpaired) electrons. The smallest absolute Gasteiger partial charge is 0.327 e. The number of fused-ring (bicyclic) bond motifs is 1. The predicted octanol–water partition coefficient (Wildman–Crippen LogP) is 0.715. The Bertz CT molecular complexity index is 1510. The summed E-state index contributed by atoms with van der Waals surface area (Å²) in [6, 6.07) is 12.3. The molecule has 0 saturated heterocycles. The van der Waals surface area contributed by atoms with Crippen molar-refractivity contribution < 1.29 is 24.3 Å². The van der Waals surface area contributed by atoms with Crippen molar-refractivity contribution >= 4 is 47.2 Å². The first kappa shape index (κ1) is 30.3. The Morgan fingerprint density at radius 1 is 0.833 bits per heavy atom. The lowest BCUT2D eigenvalue weighted by Gasteiger charge is -2.25. The van der Waals surface area contributed by atoms with E-state index >= 15 is 0 Å². The van der Waals surface area contributed by atoms with Gasteiger partial charge in [-0.05, 0) is 23.6 Å². The second kappa shape index (κ2) is 14.3. The lowest BCUT2D eigenvalue weighted by atomic mass is 10.0. The Balaban J connectivity index is 1.51. The average Bonchev–Trinajstić information content (AvgIpc) is 3.65. The summed E-state index contributed by atoms with van der Waals surface area (Å²) >= 11 is 3.99. The molecule has 0 aliphatic carbocycles. The number of benzene rings is 2. The molecule has 2 aromatic heterocycles. The quantitative estimate of drug-likeness (QED) is 0.0989. The van der Waals surface area contributed by atoms with Crippen LogP contribution in [0.4, 0.5) is 0 Å². The first-order valence-corrected chi connectivity index (χ1v) is 13.9. The molecule has 0 aliphatic rings. The maximum Gasteiger partial charge on any atom is 0.327 e. The standard InChI is InChI=1S/C29H33N7O5S/c30-21(11-18-13-32-22-9-5-4-8-20(18)22)26(37)34-23(10-17-6-2-1-3-7-17)27(38)35-24(12-19-14-31-16-33-19)28(39)36-25(15-42)29(40)41/h1-9,13-14,16,21,23-25,32,42H,10-12,15,30H2,(H,31,33)(H,34,37)(H,35,38)(H,36,39)(H,40,41). The van der Waals surface area contributed by atoms with Gasteiger partial charge in [0.15, 0.2) is 0 Å². The number of rotatable bonds is 14. The maximum atomic E-state index is 13.6. The van der Waals surface area contributed by atoms with Crippen LogP contribution in [0.3, 0.4) is 0 Å². The van der Waals surface area contributed by atoms with E-state index in [2.05, 4.69) is 43.5 Å². The van der Waals surface area contributed by atoms with Gasteiger partial charge in [0.05, 0.1) is 12.4 Å². The number of aliphatic carboxylic acids is 1. The Labute approximate surface area is 247 Å². The van der Waals surface area contributed by atoms with Crippen molar-refractivity contribution in [1.29, 1.82) is 0 Å². The van der Waals surface area contributed by atoms with Gasteiger partial charge in [-0.25, -0.2) is 9.78 Å². The summed E-state index contributed by atoms with van der Waals surface area (Å²) in [4.78, 5) is 61.4. The van der Waals surface area contributed by atoms with E-state index in [1.807, 2.05) is 54.6 Å². The summed E-state index contributed by atoms with van der Waals surface area (Å²) in [6.45, 7) is 0. The number of imidazole rings is 1. The van der Waals surface area contributed by atoms with Gasteiger partial charge in [-0.1, -0.05) is 48.5 Å². The van der Waals surface area contributed by atoms with E-state index < -0.39 is 47.9 Å². The molecule has 4 rings (SSSR count). The van der Waals surface area contributed by atoms with Crippen molar-refractivity contribution in [2.45, 2.75) is 43.4 Å². The number of thiol groups is 1. The normalized spacial score (nSPS) is 14.0. The van der Waals surface area contributed by atoms with E-state index in [4.69, 9.17) is 5.73 Å². The minimum Gasteiger partial charge on any atom is -0.480 e. The van der Waals surface area contributed by atoms with E-state index in [1.54, 1.807) is 6.20 Å². The van der Waals surface area contributed by atoms with Crippen LogP contribution in [0.15, 0.2) is 73.3 Å². The summed E-state index contributed by atoms with van der Waals surface area (Å²) in [5, 5.41) is 18.2. The third-order valence-corrected chi connectivity index (χ3v) is 7.14. The third-order valence-electron chi connectivity index (χ3n) is 6.78. The average molecular weight is 592 g/mol. The van der Waals surface area contributed by atoms with Crippen LogP contribution >= 0.6 is 12.6 Å². The number of hydrogen-bond donors (Lipinski definition) is 8. The van der Waals surface area contributed by atoms with Crippen molar-refractivity contribution in [2.75, 3.05) is 5.75 Å². The fraction of sp³-hybridized carbons (Fsp3) is 0.276. The number of carboxylic acid groups (broad SMARTS) is 1. The molecule has 2 aromatic carbocycles. The van der Waals surface area contributed by atoms with Gasteiger partial charge in [-0.15, -0.1) is 0 Å². The number of aromatic nitrogens is 3. The third kappa shape index (κ3) is 7.98. The second-order valence-electron chi connectivity index (χ2n) is 9.85. The highest BCUT2D eigenvalue weighted by atomic mass is 32.1. The number of carbonyl (C=O) groups is 4. The molecule has 12 nitrogen and oxygen atoms in total. The molecule has 0 saturated carbocycles. The molecule has 13 heteroatoms. The Morgan fingerprint density at radius 3 is 2.14 bits per heavy atom. The van der Waals surface area contributed by atoms with Crippen LogP contribution < -0.4 is 21.7 Å². The number of carboxylic acids is 1. The van der Waals surface area contributed by atoms with E-state index in [9.17, 15) is 24.3 Å². The Hall–Kier alpha value is -4.62. The van der Waals surface area contributed by atoms with E-state index in [1.165, 1.54) is 12.5 Å². The van der Waals surface area contributed by atoms with Gasteiger partial charge in [-0.2, -0.15) is 12.6 Å². The minimum absolute atomic E-state index is 0.00254. The van der Waals surface area contributed by atoms with Crippen molar-refractivity contribution in [3.63, 3.8) is 0 Å². The van der Waals surface area contributed by atoms with Crippen LogP contribution in [0.5, 0.6) is 0 Å². The number of amides is 3. The summed E-state index contributed by atoms with van der Waals surface area (Å²) in [6.07, 6.45) is 5.09. The summed E-state index contributed by atoms with van der Waals surface area (Å²) in [7, 11) is 0. The monoisotopic (exact) mass is 591 g/mol. The first-order valence-electron chi connectivity index (χ1n) is 13.3. The highest BCUT2D eigenvalue weighted by Crippen LogP contribution is 2.19. The molecule has 220 valence electrons. The van der Waals surface area contributed by atoms with E-state index in [0.29, 0.717) is 5.69 Å². The molecule has 0 spiro atoms. The minimum atomic E-state index is -1.26. The first-order chi connectivity index (χ1) is 20.2. The van der Waals surface area contributed by atoms with Crippen molar-refractivity contribution in [3.05, 3.63) is 90.1 Å². The van der Waals surface area contributed by atoms with Gasteiger partial charge in [0, 0.05) is 47.6 Å². The summed E-state index contributed by atoms with van der Waals surface area (Å²) in [5.41, 5.74) is 9.39. The highest BCUT2D eigenvalue weighted by molar-refractivity contribution is 7.80. The van der Waals surface area contributed by atoms with Crippen molar-refractivity contribution in [3.8, 4) is 0 Å². The molecular weight excluding hydrogens is 558 g/mol. The van der Waals surface area contributed by atoms with Gasteiger partial charge in [0.25, 0.3) is 0 Å². The zero-order chi connectivity index (χ0) is 30.1. The van der Waals surface area contributed by atoms with Gasteiger partial charge < -0.3 is 36.8 Å². The zero-order valence-corrected chi connectivity index (χ0v) is 23.5. The Morgan fingerprint density at radius 2 is 1.48 bits per heavy atom. The predicted molar refractivity (Wildman–Crippen MR) is 160 cm³/mol. The van der Waals surface area contributed by atoms with Crippen LogP contribution in [0.2, 0.25) is 0 Å². The molecule has 2 heterocycles. The van der Waals surface area contributed by atoms with Crippen LogP contribution in [0.1, 0.15) is 16.8 Å². The lowest BCUT2D eigenvalue weighted by Crippen LogP contribution is -2.58. The largest absolute Gasteiger partial charge is 0.480 e. The maximum absolute atomic E-state index is 13.6. The SMILES string of the molecule is NC(Cc1c[nH]c2ccccc12)C(=O)NC(Cc1ccccc1)C(=O)NC(Cc1cnc[nH]1)C(=O)NC(CS)C(=O)O. The number of carbonyl (C=O) groups excluding carboxylic acids is 3. The molecule has 0 fully saturated rings. The Kier molecular flexibility index (Phi) is 10.3. The van der Waals surface area contributed by atoms with Crippen molar-refractivity contribution in [2.24, 2.45) is 5.73 Å². The van der Waals surface area contributed by atoms with Crippen LogP contribution in [-0.4, -0.2) is 73.7 Å². The van der Waals surface area contributed by atoms with Gasteiger partial charge in [0.2, 0.25) is 17.7 Å². The van der Waals surface area contributed by atoms with Crippen molar-refractivity contribution in [1.82, 2.24) is 30.9 Å². The lowest BCUT2D eigenvalue weighted by molar-refractivity contribution is -0.141. The van der Waals surface area contributed by atoms with Gasteiger partial charge >= 0.3 is 5.97 Å². The molecule has 4 atom stereocenters. The molecule has 4 aromatic rings. The number of nitrogens with two attached hydrogens (primary N) is 1. The highest BCUT2D eigenvalue weighted by Gasteiger charge is 2.31. The fourth-order valence-corrected chi connectivity index (χ4v) is 4.77. The van der Waals surface area contributed by atoms with E-state index in [-0.39, 0.29) is 25.0 Å². The fourth-order valence-electron chi connectivity index (χ4n) is 4.52. The number of nitrogens with zero attached hydrogens (tertiary/aromatic N) is 1. The van der Waals surface area contributed by atoms with Gasteiger partial charge in [0.1, 0.15) is 18.1 Å². The number of nitrogens with one attached hydrogen (secondary N) is 5. The molecule has 3 amide bonds. The number of para-hydroxylation sites is 1. The summed E-state index contributed by atoms with van der Waals surface area (Å²) in [5.74, 6) is -3.30. The van der Waals surface area contributed by atoms with Crippen LogP contribution in [-0.2, 0) is 38.4 Å². The molecule has 42 heavy (non-hydrogen) atoms. The zero-order valence-electron chi connectivity index (χ0n) is 22.6. The topological polar surface area (TPSA) is 195 Å². The molecular formula is C29H33N7O5S. The molecule has 0 aliphatic heterocycles.